The second kappa shape index (κ2) is 5.48. The van der Waals surface area contributed by atoms with Crippen LogP contribution in [0.25, 0.3) is 0 Å². The summed E-state index contributed by atoms with van der Waals surface area (Å²) >= 11 is 5.79. The van der Waals surface area contributed by atoms with Crippen molar-refractivity contribution >= 4 is 21.6 Å². The smallest absolute Gasteiger partial charge is 0.216 e. The summed E-state index contributed by atoms with van der Waals surface area (Å²) in [7, 11) is -1.60. The van der Waals surface area contributed by atoms with Crippen LogP contribution in [0.3, 0.4) is 0 Å². The Balaban J connectivity index is 2.63. The Labute approximate surface area is 96.6 Å². The molecule has 4 nitrogen and oxygen atoms in total. The van der Waals surface area contributed by atoms with E-state index in [1.807, 2.05) is 0 Å². The van der Waals surface area contributed by atoms with Crippen molar-refractivity contribution in [3.63, 3.8) is 0 Å². The van der Waals surface area contributed by atoms with Crippen LogP contribution in [0.5, 0.6) is 0 Å². The predicted molar refractivity (Wildman–Crippen MR) is 60.7 cm³/mol. The van der Waals surface area contributed by atoms with Crippen LogP contribution in [0.1, 0.15) is 19.8 Å². The van der Waals surface area contributed by atoms with Crippen molar-refractivity contribution < 1.29 is 13.2 Å². The van der Waals surface area contributed by atoms with E-state index in [-0.39, 0.29) is 10.6 Å². The van der Waals surface area contributed by atoms with Crippen molar-refractivity contribution in [3.8, 4) is 0 Å². The van der Waals surface area contributed by atoms with Gasteiger partial charge in [-0.25, -0.2) is 12.7 Å². The van der Waals surface area contributed by atoms with Crippen LogP contribution in [0.15, 0.2) is 0 Å². The van der Waals surface area contributed by atoms with E-state index in [0.29, 0.717) is 32.6 Å². The molecule has 6 heteroatoms. The van der Waals surface area contributed by atoms with E-state index in [1.165, 1.54) is 4.31 Å². The molecule has 1 rings (SSSR count). The highest BCUT2D eigenvalue weighted by molar-refractivity contribution is 7.89. The third kappa shape index (κ3) is 3.59. The monoisotopic (exact) mass is 255 g/mol. The summed E-state index contributed by atoms with van der Waals surface area (Å²) in [5.41, 5.74) is 0. The number of hydrogen-bond acceptors (Lipinski definition) is 3. The summed E-state index contributed by atoms with van der Waals surface area (Å²) in [5, 5.41) is -0.462. The highest BCUT2D eigenvalue weighted by Crippen LogP contribution is 2.19. The van der Waals surface area contributed by atoms with E-state index in [4.69, 9.17) is 16.3 Å². The summed E-state index contributed by atoms with van der Waals surface area (Å²) < 4.78 is 30.6. The molecule has 1 atom stereocenters. The minimum Gasteiger partial charge on any atom is -0.381 e. The number of halogens is 1. The van der Waals surface area contributed by atoms with Gasteiger partial charge in [0.2, 0.25) is 10.0 Å². The summed E-state index contributed by atoms with van der Waals surface area (Å²) in [4.78, 5) is 0. The second-order valence-corrected chi connectivity index (χ2v) is 6.98. The van der Waals surface area contributed by atoms with Gasteiger partial charge in [0.25, 0.3) is 0 Å². The molecule has 1 fully saturated rings. The Kier molecular flexibility index (Phi) is 4.83. The first-order chi connectivity index (χ1) is 6.94. The Morgan fingerprint density at radius 1 is 1.47 bits per heavy atom. The molecular formula is C9H18ClNO3S. The van der Waals surface area contributed by atoms with Gasteiger partial charge in [0.1, 0.15) is 0 Å². The highest BCUT2D eigenvalue weighted by Gasteiger charge is 2.31. The quantitative estimate of drug-likeness (QED) is 0.706. The lowest BCUT2D eigenvalue weighted by atomic mass is 10.2. The molecular weight excluding hydrogens is 238 g/mol. The second-order valence-electron chi connectivity index (χ2n) is 3.92. The normalized spacial score (nSPS) is 21.9. The summed E-state index contributed by atoms with van der Waals surface area (Å²) in [5.74, 6) is 0. The fraction of sp³-hybridized carbons (Fsp3) is 1.00. The molecule has 0 radical (unpaired) electrons. The van der Waals surface area contributed by atoms with Gasteiger partial charge in [-0.05, 0) is 19.8 Å². The lowest BCUT2D eigenvalue weighted by molar-refractivity contribution is 0.0974. The van der Waals surface area contributed by atoms with Gasteiger partial charge in [0.05, 0.1) is 5.25 Å². The van der Waals surface area contributed by atoms with E-state index < -0.39 is 10.0 Å². The molecule has 0 N–H and O–H groups in total. The first kappa shape index (κ1) is 13.2. The zero-order valence-corrected chi connectivity index (χ0v) is 10.7. The number of ether oxygens (including phenoxy) is 1. The van der Waals surface area contributed by atoms with E-state index in [2.05, 4.69) is 0 Å². The van der Waals surface area contributed by atoms with Gasteiger partial charge < -0.3 is 4.74 Å². The molecule has 0 aromatic heterocycles. The highest BCUT2D eigenvalue weighted by atomic mass is 35.5. The Morgan fingerprint density at radius 2 is 2.00 bits per heavy atom. The molecule has 15 heavy (non-hydrogen) atoms. The molecule has 0 saturated carbocycles. The Hall–Kier alpha value is 0.160. The summed E-state index contributed by atoms with van der Waals surface area (Å²) in [6.45, 7) is 3.22. The van der Waals surface area contributed by atoms with Gasteiger partial charge in [0, 0.05) is 32.2 Å². The molecule has 0 aliphatic carbocycles. The van der Waals surface area contributed by atoms with Gasteiger partial charge in [-0.3, -0.25) is 0 Å². The van der Waals surface area contributed by atoms with Gasteiger partial charge in [-0.2, -0.15) is 0 Å². The number of sulfonamides is 1. The molecule has 1 unspecified atom stereocenters. The van der Waals surface area contributed by atoms with Crippen LogP contribution in [0.4, 0.5) is 0 Å². The topological polar surface area (TPSA) is 46.6 Å². The zero-order chi connectivity index (χ0) is 11.5. The van der Waals surface area contributed by atoms with Crippen LogP contribution >= 0.6 is 11.6 Å². The lowest BCUT2D eigenvalue weighted by Gasteiger charge is -2.27. The molecule has 0 spiro atoms. The first-order valence-electron chi connectivity index (χ1n) is 5.11. The molecule has 90 valence electrons. The Bertz CT molecular complexity index is 286. The molecule has 1 saturated heterocycles. The number of nitrogens with zero attached hydrogens (tertiary/aromatic N) is 1. The average molecular weight is 256 g/mol. The first-order valence-corrected chi connectivity index (χ1v) is 7.05. The number of alkyl halides is 1. The minimum atomic E-state index is -3.19. The van der Waals surface area contributed by atoms with Crippen molar-refractivity contribution in [2.75, 3.05) is 26.8 Å². The standard InChI is InChI=1S/C9H18ClNO3S/c1-8(10)7-11(2)15(12,13)9-3-5-14-6-4-9/h8-9H,3-7H2,1-2H3. The lowest BCUT2D eigenvalue weighted by Crippen LogP contribution is -2.41. The molecule has 0 amide bonds. The van der Waals surface area contributed by atoms with Gasteiger partial charge in [-0.1, -0.05) is 0 Å². The van der Waals surface area contributed by atoms with Gasteiger partial charge >= 0.3 is 0 Å². The fourth-order valence-electron chi connectivity index (χ4n) is 1.69. The maximum absolute atomic E-state index is 12.0. The van der Waals surface area contributed by atoms with Crippen LogP contribution in [-0.2, 0) is 14.8 Å². The fourth-order valence-corrected chi connectivity index (χ4v) is 3.70. The van der Waals surface area contributed by atoms with E-state index in [9.17, 15) is 8.42 Å². The molecule has 0 bridgehead atoms. The van der Waals surface area contributed by atoms with Crippen molar-refractivity contribution in [2.45, 2.75) is 30.4 Å². The SMILES string of the molecule is CC(Cl)CN(C)S(=O)(=O)C1CCOCC1. The third-order valence-corrected chi connectivity index (χ3v) is 5.00. The van der Waals surface area contributed by atoms with Crippen LogP contribution < -0.4 is 0 Å². The molecule has 0 aromatic carbocycles. The predicted octanol–water partition coefficient (Wildman–Crippen LogP) is 1.05. The van der Waals surface area contributed by atoms with Crippen molar-refractivity contribution in [1.29, 1.82) is 0 Å². The zero-order valence-electron chi connectivity index (χ0n) is 9.15. The van der Waals surface area contributed by atoms with Gasteiger partial charge in [-0.15, -0.1) is 11.6 Å². The molecule has 1 aliphatic rings. The molecule has 0 aromatic rings. The van der Waals surface area contributed by atoms with E-state index >= 15 is 0 Å². The third-order valence-electron chi connectivity index (χ3n) is 2.53. The van der Waals surface area contributed by atoms with E-state index in [1.54, 1.807) is 14.0 Å². The van der Waals surface area contributed by atoms with E-state index in [0.717, 1.165) is 0 Å². The van der Waals surface area contributed by atoms with Crippen LogP contribution in [0, 0.1) is 0 Å². The molecule has 1 aliphatic heterocycles. The summed E-state index contributed by atoms with van der Waals surface area (Å²) in [6.07, 6.45) is 1.17. The largest absolute Gasteiger partial charge is 0.381 e. The number of rotatable bonds is 4. The molecule has 1 heterocycles. The maximum atomic E-state index is 12.0. The van der Waals surface area contributed by atoms with Gasteiger partial charge in [0.15, 0.2) is 0 Å². The maximum Gasteiger partial charge on any atom is 0.216 e. The average Bonchev–Trinajstić information content (AvgIpc) is 2.18. The summed E-state index contributed by atoms with van der Waals surface area (Å²) in [6, 6.07) is 0. The Morgan fingerprint density at radius 3 is 2.47 bits per heavy atom. The van der Waals surface area contributed by atoms with Crippen molar-refractivity contribution in [1.82, 2.24) is 4.31 Å². The van der Waals surface area contributed by atoms with Crippen molar-refractivity contribution in [2.24, 2.45) is 0 Å². The van der Waals surface area contributed by atoms with Crippen molar-refractivity contribution in [3.05, 3.63) is 0 Å². The van der Waals surface area contributed by atoms with Crippen LogP contribution in [0.2, 0.25) is 0 Å². The minimum absolute atomic E-state index is 0.162. The van der Waals surface area contributed by atoms with Crippen LogP contribution in [-0.4, -0.2) is 50.2 Å². The number of hydrogen-bond donors (Lipinski definition) is 0.